The second-order valence-corrected chi connectivity index (χ2v) is 5.67. The number of nitrogens with one attached hydrogen (secondary N) is 2. The molecule has 4 heteroatoms. The largest absolute Gasteiger partial charge is 0.494 e. The molecule has 0 aliphatic rings. The second kappa shape index (κ2) is 7.80. The minimum absolute atomic E-state index is 0.617. The SMILES string of the molecule is CCOc1cccc(CNC(=S)Nc2cc(C)cc(C)c2)c1. The number of anilines is 1. The van der Waals surface area contributed by atoms with Crippen molar-refractivity contribution in [3.63, 3.8) is 0 Å². The fourth-order valence-electron chi connectivity index (χ4n) is 2.32. The standard InChI is InChI=1S/C18H22N2OS/c1-4-21-17-7-5-6-15(11-17)12-19-18(22)20-16-9-13(2)8-14(3)10-16/h5-11H,4,12H2,1-3H3,(H2,19,20,22). The third-order valence-corrected chi connectivity index (χ3v) is 3.39. The molecular weight excluding hydrogens is 292 g/mol. The van der Waals surface area contributed by atoms with Crippen molar-refractivity contribution in [2.75, 3.05) is 11.9 Å². The first-order valence-electron chi connectivity index (χ1n) is 7.41. The summed E-state index contributed by atoms with van der Waals surface area (Å²) in [7, 11) is 0. The number of ether oxygens (including phenoxy) is 1. The highest BCUT2D eigenvalue weighted by Gasteiger charge is 2.01. The van der Waals surface area contributed by atoms with Gasteiger partial charge in [-0.15, -0.1) is 0 Å². The van der Waals surface area contributed by atoms with Crippen LogP contribution in [0.25, 0.3) is 0 Å². The Hall–Kier alpha value is -2.07. The van der Waals surface area contributed by atoms with E-state index >= 15 is 0 Å². The topological polar surface area (TPSA) is 33.3 Å². The molecule has 0 radical (unpaired) electrons. The zero-order valence-corrected chi connectivity index (χ0v) is 14.1. The van der Waals surface area contributed by atoms with E-state index in [1.807, 2.05) is 25.1 Å². The van der Waals surface area contributed by atoms with Gasteiger partial charge in [0.2, 0.25) is 0 Å². The van der Waals surface area contributed by atoms with Gasteiger partial charge in [0.25, 0.3) is 0 Å². The lowest BCUT2D eigenvalue weighted by Crippen LogP contribution is -2.27. The average Bonchev–Trinajstić information content (AvgIpc) is 2.45. The molecule has 0 heterocycles. The van der Waals surface area contributed by atoms with E-state index in [0.717, 1.165) is 17.0 Å². The number of thiocarbonyl (C=S) groups is 1. The minimum atomic E-state index is 0.617. The molecule has 2 rings (SSSR count). The van der Waals surface area contributed by atoms with Gasteiger partial charge in [0.1, 0.15) is 5.75 Å². The quantitative estimate of drug-likeness (QED) is 0.811. The number of hydrogen-bond donors (Lipinski definition) is 2. The molecule has 0 amide bonds. The highest BCUT2D eigenvalue weighted by Crippen LogP contribution is 2.15. The summed E-state index contributed by atoms with van der Waals surface area (Å²) in [5.74, 6) is 0.884. The van der Waals surface area contributed by atoms with Crippen molar-refractivity contribution < 1.29 is 4.74 Å². The van der Waals surface area contributed by atoms with Crippen LogP contribution >= 0.6 is 12.2 Å². The van der Waals surface area contributed by atoms with E-state index in [1.165, 1.54) is 11.1 Å². The lowest BCUT2D eigenvalue weighted by molar-refractivity contribution is 0.340. The predicted octanol–water partition coefficient (Wildman–Crippen LogP) is 4.19. The average molecular weight is 314 g/mol. The second-order valence-electron chi connectivity index (χ2n) is 5.26. The molecule has 0 saturated heterocycles. The molecular formula is C18H22N2OS. The van der Waals surface area contributed by atoms with Crippen molar-refractivity contribution in [3.05, 3.63) is 59.2 Å². The van der Waals surface area contributed by atoms with Gasteiger partial charge in [-0.25, -0.2) is 0 Å². The Morgan fingerprint density at radius 3 is 2.50 bits per heavy atom. The maximum Gasteiger partial charge on any atom is 0.171 e. The molecule has 0 aromatic heterocycles. The monoisotopic (exact) mass is 314 g/mol. The van der Waals surface area contributed by atoms with Gasteiger partial charge < -0.3 is 15.4 Å². The van der Waals surface area contributed by atoms with Crippen LogP contribution in [0.1, 0.15) is 23.6 Å². The van der Waals surface area contributed by atoms with E-state index < -0.39 is 0 Å². The van der Waals surface area contributed by atoms with Crippen LogP contribution in [0.5, 0.6) is 5.75 Å². The normalized spacial score (nSPS) is 10.1. The van der Waals surface area contributed by atoms with Crippen molar-refractivity contribution in [2.24, 2.45) is 0 Å². The van der Waals surface area contributed by atoms with Crippen molar-refractivity contribution in [3.8, 4) is 5.75 Å². The third-order valence-electron chi connectivity index (χ3n) is 3.14. The highest BCUT2D eigenvalue weighted by atomic mass is 32.1. The molecule has 3 nitrogen and oxygen atoms in total. The van der Waals surface area contributed by atoms with Crippen LogP contribution in [-0.2, 0) is 6.54 Å². The van der Waals surface area contributed by atoms with Gasteiger partial charge in [-0.1, -0.05) is 18.2 Å². The number of benzene rings is 2. The molecule has 0 atom stereocenters. The number of aryl methyl sites for hydroxylation is 2. The summed E-state index contributed by atoms with van der Waals surface area (Å²) in [6.07, 6.45) is 0. The molecule has 0 aliphatic carbocycles. The lowest BCUT2D eigenvalue weighted by Gasteiger charge is -2.12. The van der Waals surface area contributed by atoms with Crippen LogP contribution < -0.4 is 15.4 Å². The van der Waals surface area contributed by atoms with E-state index in [9.17, 15) is 0 Å². The molecule has 22 heavy (non-hydrogen) atoms. The number of hydrogen-bond acceptors (Lipinski definition) is 2. The van der Waals surface area contributed by atoms with Crippen LogP contribution in [0.3, 0.4) is 0 Å². The van der Waals surface area contributed by atoms with Crippen molar-refractivity contribution in [1.29, 1.82) is 0 Å². The van der Waals surface area contributed by atoms with Gasteiger partial charge in [0.15, 0.2) is 5.11 Å². The molecule has 0 bridgehead atoms. The van der Waals surface area contributed by atoms with Gasteiger partial charge in [-0.2, -0.15) is 0 Å². The Balaban J connectivity index is 1.91. The molecule has 0 saturated carbocycles. The van der Waals surface area contributed by atoms with E-state index in [0.29, 0.717) is 18.3 Å². The molecule has 2 aromatic rings. The van der Waals surface area contributed by atoms with Crippen molar-refractivity contribution in [1.82, 2.24) is 5.32 Å². The summed E-state index contributed by atoms with van der Waals surface area (Å²) in [6, 6.07) is 14.3. The Morgan fingerprint density at radius 1 is 1.09 bits per heavy atom. The number of rotatable bonds is 5. The Bertz CT molecular complexity index is 635. The maximum absolute atomic E-state index is 5.50. The summed E-state index contributed by atoms with van der Waals surface area (Å²) in [5, 5.41) is 7.06. The zero-order chi connectivity index (χ0) is 15.9. The Morgan fingerprint density at radius 2 is 1.82 bits per heavy atom. The molecule has 2 aromatic carbocycles. The fraction of sp³-hybridized carbons (Fsp3) is 0.278. The highest BCUT2D eigenvalue weighted by molar-refractivity contribution is 7.80. The first-order chi connectivity index (χ1) is 10.6. The van der Waals surface area contributed by atoms with Gasteiger partial charge >= 0.3 is 0 Å². The first kappa shape index (κ1) is 16.3. The van der Waals surface area contributed by atoms with Gasteiger partial charge in [-0.3, -0.25) is 0 Å². The van der Waals surface area contributed by atoms with Crippen LogP contribution in [0, 0.1) is 13.8 Å². The summed E-state index contributed by atoms with van der Waals surface area (Å²) >= 11 is 5.35. The Kier molecular flexibility index (Phi) is 5.78. The van der Waals surface area contributed by atoms with Crippen molar-refractivity contribution >= 4 is 23.0 Å². The Labute approximate surface area is 137 Å². The first-order valence-corrected chi connectivity index (χ1v) is 7.82. The molecule has 0 aliphatic heterocycles. The van der Waals surface area contributed by atoms with E-state index in [1.54, 1.807) is 0 Å². The summed E-state index contributed by atoms with van der Waals surface area (Å²) < 4.78 is 5.50. The molecule has 0 fully saturated rings. The molecule has 116 valence electrons. The van der Waals surface area contributed by atoms with Gasteiger partial charge in [0.05, 0.1) is 6.61 Å². The van der Waals surface area contributed by atoms with Crippen LogP contribution in [-0.4, -0.2) is 11.7 Å². The summed E-state index contributed by atoms with van der Waals surface area (Å²) in [4.78, 5) is 0. The molecule has 0 unspecified atom stereocenters. The van der Waals surface area contributed by atoms with E-state index in [-0.39, 0.29) is 0 Å². The van der Waals surface area contributed by atoms with Crippen LogP contribution in [0.2, 0.25) is 0 Å². The third kappa shape index (κ3) is 5.04. The predicted molar refractivity (Wildman–Crippen MR) is 96.6 cm³/mol. The minimum Gasteiger partial charge on any atom is -0.494 e. The summed E-state index contributed by atoms with van der Waals surface area (Å²) in [5.41, 5.74) is 4.58. The maximum atomic E-state index is 5.50. The van der Waals surface area contributed by atoms with Gasteiger partial charge in [-0.05, 0) is 73.9 Å². The van der Waals surface area contributed by atoms with E-state index in [4.69, 9.17) is 17.0 Å². The fourth-order valence-corrected chi connectivity index (χ4v) is 2.51. The lowest BCUT2D eigenvalue weighted by atomic mass is 10.1. The van der Waals surface area contributed by atoms with E-state index in [2.05, 4.69) is 48.7 Å². The van der Waals surface area contributed by atoms with Crippen LogP contribution in [0.15, 0.2) is 42.5 Å². The zero-order valence-electron chi connectivity index (χ0n) is 13.3. The molecule has 2 N–H and O–H groups in total. The smallest absolute Gasteiger partial charge is 0.171 e. The van der Waals surface area contributed by atoms with Crippen molar-refractivity contribution in [2.45, 2.75) is 27.3 Å². The molecule has 0 spiro atoms. The van der Waals surface area contributed by atoms with Gasteiger partial charge in [0, 0.05) is 12.2 Å². The van der Waals surface area contributed by atoms with Crippen LogP contribution in [0.4, 0.5) is 5.69 Å². The summed E-state index contributed by atoms with van der Waals surface area (Å²) in [6.45, 7) is 7.47.